The van der Waals surface area contributed by atoms with E-state index in [1.54, 1.807) is 23.6 Å². The van der Waals surface area contributed by atoms with Crippen molar-refractivity contribution < 1.29 is 32.2 Å². The Bertz CT molecular complexity index is 1340. The van der Waals surface area contributed by atoms with E-state index in [0.29, 0.717) is 17.1 Å². The van der Waals surface area contributed by atoms with E-state index < -0.39 is 29.1 Å². The van der Waals surface area contributed by atoms with Crippen LogP contribution in [0.15, 0.2) is 78.9 Å². The number of carbonyl (C=O) groups is 1. The number of hydrogen-bond acceptors (Lipinski definition) is 2. The first kappa shape index (κ1) is 23.1. The van der Waals surface area contributed by atoms with Gasteiger partial charge in [0.1, 0.15) is 18.2 Å². The predicted molar refractivity (Wildman–Crippen MR) is 119 cm³/mol. The lowest BCUT2D eigenvalue weighted by molar-refractivity contribution is -0.137. The Morgan fingerprint density at radius 2 is 1.71 bits per heavy atom. The average Bonchev–Trinajstić information content (AvgIpc) is 3.19. The standard InChI is InChI=1S/C26H19F4NO3/c1-16-7-11-23(31(16)19-9-10-22(27)20(14-19)25(32)33)21-13-18(26(28,29)30)8-12-24(21)34-15-17-5-3-2-4-6-17/h2-14H,15H2,1H3,(H,32,33). The summed E-state index contributed by atoms with van der Waals surface area (Å²) < 4.78 is 62.0. The molecule has 3 aromatic carbocycles. The van der Waals surface area contributed by atoms with Crippen molar-refractivity contribution in [3.05, 3.63) is 107 Å². The summed E-state index contributed by atoms with van der Waals surface area (Å²) in [7, 11) is 0. The molecule has 0 fully saturated rings. The summed E-state index contributed by atoms with van der Waals surface area (Å²) in [6.45, 7) is 1.85. The molecule has 0 spiro atoms. The lowest BCUT2D eigenvalue weighted by Gasteiger charge is -2.18. The van der Waals surface area contributed by atoms with Gasteiger partial charge in [-0.2, -0.15) is 13.2 Å². The number of aromatic nitrogens is 1. The molecule has 0 saturated heterocycles. The maximum atomic E-state index is 14.0. The van der Waals surface area contributed by atoms with Crippen molar-refractivity contribution in [3.63, 3.8) is 0 Å². The second-order valence-corrected chi connectivity index (χ2v) is 7.65. The molecule has 0 amide bonds. The zero-order chi connectivity index (χ0) is 24.5. The second-order valence-electron chi connectivity index (χ2n) is 7.65. The molecule has 34 heavy (non-hydrogen) atoms. The lowest BCUT2D eigenvalue weighted by Crippen LogP contribution is -2.08. The summed E-state index contributed by atoms with van der Waals surface area (Å²) in [5.74, 6) is -2.14. The molecule has 0 saturated carbocycles. The average molecular weight is 469 g/mol. The van der Waals surface area contributed by atoms with Gasteiger partial charge in [-0.15, -0.1) is 0 Å². The third-order valence-corrected chi connectivity index (χ3v) is 5.33. The van der Waals surface area contributed by atoms with Gasteiger partial charge in [0.25, 0.3) is 0 Å². The fourth-order valence-electron chi connectivity index (χ4n) is 3.68. The van der Waals surface area contributed by atoms with Crippen LogP contribution in [-0.2, 0) is 12.8 Å². The number of halogens is 4. The smallest absolute Gasteiger partial charge is 0.416 e. The molecular weight excluding hydrogens is 450 g/mol. The SMILES string of the molecule is Cc1ccc(-c2cc(C(F)(F)F)ccc2OCc2ccccc2)n1-c1ccc(F)c(C(=O)O)c1. The van der Waals surface area contributed by atoms with Crippen LogP contribution in [0.4, 0.5) is 17.6 Å². The number of hydrogen-bond donors (Lipinski definition) is 1. The number of ether oxygens (including phenoxy) is 1. The first-order valence-corrected chi connectivity index (χ1v) is 10.2. The van der Waals surface area contributed by atoms with Crippen molar-refractivity contribution in [3.8, 4) is 22.7 Å². The molecule has 4 aromatic rings. The van der Waals surface area contributed by atoms with Crippen LogP contribution in [0.25, 0.3) is 16.9 Å². The zero-order valence-electron chi connectivity index (χ0n) is 17.9. The molecule has 1 N–H and O–H groups in total. The zero-order valence-corrected chi connectivity index (χ0v) is 17.9. The molecule has 0 unspecified atom stereocenters. The minimum atomic E-state index is -4.58. The number of carboxylic acid groups (broad SMARTS) is 1. The Morgan fingerprint density at radius 3 is 2.38 bits per heavy atom. The highest BCUT2D eigenvalue weighted by Crippen LogP contribution is 2.39. The van der Waals surface area contributed by atoms with Crippen LogP contribution >= 0.6 is 0 Å². The monoisotopic (exact) mass is 469 g/mol. The molecule has 8 heteroatoms. The molecule has 0 atom stereocenters. The number of carboxylic acids is 1. The van der Waals surface area contributed by atoms with Gasteiger partial charge >= 0.3 is 12.1 Å². The number of alkyl halides is 3. The third-order valence-electron chi connectivity index (χ3n) is 5.33. The lowest BCUT2D eigenvalue weighted by atomic mass is 10.1. The molecular formula is C26H19F4NO3. The molecule has 4 nitrogen and oxygen atoms in total. The fraction of sp³-hybridized carbons (Fsp3) is 0.115. The molecule has 0 aliphatic rings. The minimum absolute atomic E-state index is 0.138. The van der Waals surface area contributed by atoms with E-state index in [0.717, 1.165) is 29.8 Å². The van der Waals surface area contributed by atoms with Crippen LogP contribution in [0, 0.1) is 12.7 Å². The Labute approximate surface area is 192 Å². The number of aromatic carboxylic acids is 1. The normalized spacial score (nSPS) is 11.4. The summed E-state index contributed by atoms with van der Waals surface area (Å²) in [6, 6.07) is 19.2. The van der Waals surface area contributed by atoms with Crippen molar-refractivity contribution in [2.75, 3.05) is 0 Å². The summed E-state index contributed by atoms with van der Waals surface area (Å²) in [4.78, 5) is 11.4. The number of nitrogens with zero attached hydrogens (tertiary/aromatic N) is 1. The van der Waals surface area contributed by atoms with Crippen molar-refractivity contribution >= 4 is 5.97 Å². The van der Waals surface area contributed by atoms with Gasteiger partial charge in [0.05, 0.1) is 16.8 Å². The van der Waals surface area contributed by atoms with Crippen LogP contribution in [0.2, 0.25) is 0 Å². The van der Waals surface area contributed by atoms with E-state index in [4.69, 9.17) is 4.74 Å². The molecule has 174 valence electrons. The van der Waals surface area contributed by atoms with Gasteiger partial charge < -0.3 is 14.4 Å². The van der Waals surface area contributed by atoms with Gasteiger partial charge in [0, 0.05) is 16.9 Å². The van der Waals surface area contributed by atoms with Crippen LogP contribution < -0.4 is 4.74 Å². The van der Waals surface area contributed by atoms with Gasteiger partial charge in [0.2, 0.25) is 0 Å². The first-order valence-electron chi connectivity index (χ1n) is 10.2. The van der Waals surface area contributed by atoms with E-state index in [2.05, 4.69) is 0 Å². The van der Waals surface area contributed by atoms with E-state index in [-0.39, 0.29) is 17.9 Å². The quantitative estimate of drug-likeness (QED) is 0.313. The van der Waals surface area contributed by atoms with Gasteiger partial charge in [-0.25, -0.2) is 9.18 Å². The number of benzene rings is 3. The molecule has 4 rings (SSSR count). The maximum Gasteiger partial charge on any atom is 0.416 e. The summed E-state index contributed by atoms with van der Waals surface area (Å²) in [5.41, 5.74) is 0.859. The highest BCUT2D eigenvalue weighted by Gasteiger charge is 2.32. The molecule has 0 bridgehead atoms. The Kier molecular flexibility index (Phi) is 6.15. The molecule has 0 aliphatic heterocycles. The third kappa shape index (κ3) is 4.66. The van der Waals surface area contributed by atoms with Crippen LogP contribution in [-0.4, -0.2) is 15.6 Å². The topological polar surface area (TPSA) is 51.5 Å². The van der Waals surface area contributed by atoms with Crippen LogP contribution in [0.5, 0.6) is 5.75 Å². The molecule has 1 heterocycles. The summed E-state index contributed by atoms with van der Waals surface area (Å²) in [6.07, 6.45) is -4.58. The van der Waals surface area contributed by atoms with E-state index in [9.17, 15) is 27.5 Å². The predicted octanol–water partition coefficient (Wildman–Crippen LogP) is 6.89. The molecule has 0 aliphatic carbocycles. The van der Waals surface area contributed by atoms with Crippen molar-refractivity contribution in [2.45, 2.75) is 19.7 Å². The Morgan fingerprint density at radius 1 is 0.971 bits per heavy atom. The Hall–Kier alpha value is -4.07. The largest absolute Gasteiger partial charge is 0.488 e. The second kappa shape index (κ2) is 9.05. The first-order chi connectivity index (χ1) is 16.1. The highest BCUT2D eigenvalue weighted by molar-refractivity contribution is 5.88. The molecule has 0 radical (unpaired) electrons. The van der Waals surface area contributed by atoms with Gasteiger partial charge in [-0.05, 0) is 61.0 Å². The van der Waals surface area contributed by atoms with Gasteiger partial charge in [0.15, 0.2) is 0 Å². The summed E-state index contributed by atoms with van der Waals surface area (Å²) in [5, 5.41) is 9.30. The van der Waals surface area contributed by atoms with E-state index in [1.807, 2.05) is 30.3 Å². The van der Waals surface area contributed by atoms with E-state index >= 15 is 0 Å². The molecule has 1 aromatic heterocycles. The van der Waals surface area contributed by atoms with Crippen LogP contribution in [0.3, 0.4) is 0 Å². The maximum absolute atomic E-state index is 14.0. The van der Waals surface area contributed by atoms with Crippen molar-refractivity contribution in [1.29, 1.82) is 0 Å². The Balaban J connectivity index is 1.85. The highest BCUT2D eigenvalue weighted by atomic mass is 19.4. The number of aryl methyl sites for hydroxylation is 1. The van der Waals surface area contributed by atoms with Gasteiger partial charge in [-0.1, -0.05) is 30.3 Å². The van der Waals surface area contributed by atoms with Crippen molar-refractivity contribution in [1.82, 2.24) is 4.57 Å². The minimum Gasteiger partial charge on any atom is -0.488 e. The van der Waals surface area contributed by atoms with Gasteiger partial charge in [-0.3, -0.25) is 0 Å². The van der Waals surface area contributed by atoms with Crippen LogP contribution in [0.1, 0.15) is 27.2 Å². The fourth-order valence-corrected chi connectivity index (χ4v) is 3.68. The number of rotatable bonds is 6. The van der Waals surface area contributed by atoms with E-state index in [1.165, 1.54) is 12.1 Å². The van der Waals surface area contributed by atoms with Crippen molar-refractivity contribution in [2.24, 2.45) is 0 Å². The summed E-state index contributed by atoms with van der Waals surface area (Å²) >= 11 is 0.